The minimum Gasteiger partial charge on any atom is -0.483 e. The first-order valence-corrected chi connectivity index (χ1v) is 7.61. The number of benzene rings is 1. The van der Waals surface area contributed by atoms with Crippen LogP contribution in [-0.2, 0) is 4.79 Å². The van der Waals surface area contributed by atoms with E-state index in [1.54, 1.807) is 0 Å². The zero-order valence-corrected chi connectivity index (χ0v) is 13.7. The smallest absolute Gasteiger partial charge is 0.276 e. The summed E-state index contributed by atoms with van der Waals surface area (Å²) in [5, 5.41) is 0. The van der Waals surface area contributed by atoms with Gasteiger partial charge in [-0.1, -0.05) is 43.2 Å². The molecule has 1 aliphatic rings. The summed E-state index contributed by atoms with van der Waals surface area (Å²) in [7, 11) is 0. The minimum absolute atomic E-state index is 0.00818. The number of allylic oxidation sites excluding steroid dienone is 3. The van der Waals surface area contributed by atoms with Crippen LogP contribution in [0.2, 0.25) is 0 Å². The Morgan fingerprint density at radius 3 is 2.73 bits per heavy atom. The van der Waals surface area contributed by atoms with Gasteiger partial charge in [-0.15, -0.1) is 0 Å². The number of aryl methyl sites for hydroxylation is 1. The highest BCUT2D eigenvalue weighted by Gasteiger charge is 2.10. The van der Waals surface area contributed by atoms with E-state index in [1.165, 1.54) is 11.1 Å². The molecule has 2 N–H and O–H groups in total. The summed E-state index contributed by atoms with van der Waals surface area (Å²) in [4.78, 5) is 11.9. The Labute approximate surface area is 132 Å². The molecule has 0 atom stereocenters. The first kappa shape index (κ1) is 16.1. The lowest BCUT2D eigenvalue weighted by Gasteiger charge is -2.15. The predicted molar refractivity (Wildman–Crippen MR) is 88.5 cm³/mol. The van der Waals surface area contributed by atoms with E-state index in [4.69, 9.17) is 4.74 Å². The van der Waals surface area contributed by atoms with Crippen molar-refractivity contribution >= 4 is 5.91 Å². The molecule has 0 saturated carbocycles. The lowest BCUT2D eigenvalue weighted by molar-refractivity contribution is -0.123. The van der Waals surface area contributed by atoms with Gasteiger partial charge in [-0.05, 0) is 43.9 Å². The molecule has 0 aromatic heterocycles. The molecular weight excluding hydrogens is 276 g/mol. The summed E-state index contributed by atoms with van der Waals surface area (Å²) < 4.78 is 5.66. The number of nitrogens with one attached hydrogen (secondary N) is 2. The Hall–Kier alpha value is -2.23. The summed E-state index contributed by atoms with van der Waals surface area (Å²) in [5.74, 6) is 0.925. The lowest BCUT2D eigenvalue weighted by atomic mass is 10.00. The third kappa shape index (κ3) is 4.38. The standard InChI is InChI=1S/C18H24N2O2/c1-12(2)16-10-14(4)6-8-17(16)22-11-18(21)20-19-15-7-5-13(3)9-15/h6-10,12,19H,5,11H2,1-4H3,(H,20,21). The van der Waals surface area contributed by atoms with Gasteiger partial charge in [-0.2, -0.15) is 0 Å². The Balaban J connectivity index is 1.86. The van der Waals surface area contributed by atoms with Crippen LogP contribution < -0.4 is 15.6 Å². The van der Waals surface area contributed by atoms with Crippen LogP contribution in [0, 0.1) is 6.92 Å². The minimum atomic E-state index is -0.200. The second-order valence-electron chi connectivity index (χ2n) is 6.01. The van der Waals surface area contributed by atoms with Gasteiger partial charge in [0.25, 0.3) is 5.91 Å². The number of amides is 1. The van der Waals surface area contributed by atoms with Crippen LogP contribution in [0.1, 0.15) is 44.2 Å². The maximum Gasteiger partial charge on any atom is 0.276 e. The maximum absolute atomic E-state index is 11.9. The fraction of sp³-hybridized carbons (Fsp3) is 0.389. The average Bonchev–Trinajstić information content (AvgIpc) is 2.89. The van der Waals surface area contributed by atoms with Crippen LogP contribution in [0.15, 0.2) is 41.6 Å². The average molecular weight is 300 g/mol. The van der Waals surface area contributed by atoms with E-state index in [0.717, 1.165) is 23.4 Å². The largest absolute Gasteiger partial charge is 0.483 e. The van der Waals surface area contributed by atoms with Gasteiger partial charge >= 0.3 is 0 Å². The lowest BCUT2D eigenvalue weighted by Crippen LogP contribution is -2.39. The monoisotopic (exact) mass is 300 g/mol. The molecule has 0 radical (unpaired) electrons. The van der Waals surface area contributed by atoms with Gasteiger partial charge in [0.15, 0.2) is 6.61 Å². The molecule has 0 saturated heterocycles. The number of hydrazine groups is 1. The molecule has 0 unspecified atom stereocenters. The molecule has 22 heavy (non-hydrogen) atoms. The zero-order chi connectivity index (χ0) is 16.1. The van der Waals surface area contributed by atoms with Crippen molar-refractivity contribution in [2.24, 2.45) is 0 Å². The number of hydrogen-bond donors (Lipinski definition) is 2. The van der Waals surface area contributed by atoms with E-state index in [2.05, 4.69) is 44.6 Å². The summed E-state index contributed by atoms with van der Waals surface area (Å²) in [6, 6.07) is 6.03. The van der Waals surface area contributed by atoms with Gasteiger partial charge in [0.1, 0.15) is 5.75 Å². The van der Waals surface area contributed by atoms with Crippen LogP contribution in [0.3, 0.4) is 0 Å². The molecule has 0 heterocycles. The van der Waals surface area contributed by atoms with E-state index in [0.29, 0.717) is 5.92 Å². The Kier molecular flexibility index (Phi) is 5.26. The molecule has 2 rings (SSSR count). The summed E-state index contributed by atoms with van der Waals surface area (Å²) >= 11 is 0. The quantitative estimate of drug-likeness (QED) is 0.792. The maximum atomic E-state index is 11.9. The van der Waals surface area contributed by atoms with Gasteiger partial charge in [-0.3, -0.25) is 15.6 Å². The van der Waals surface area contributed by atoms with E-state index >= 15 is 0 Å². The van der Waals surface area contributed by atoms with Crippen molar-refractivity contribution in [3.05, 3.63) is 52.7 Å². The molecule has 0 aliphatic heterocycles. The fourth-order valence-corrected chi connectivity index (χ4v) is 2.31. The third-order valence-corrected chi connectivity index (χ3v) is 3.54. The van der Waals surface area contributed by atoms with Crippen LogP contribution in [-0.4, -0.2) is 12.5 Å². The second kappa shape index (κ2) is 7.16. The zero-order valence-electron chi connectivity index (χ0n) is 13.7. The van der Waals surface area contributed by atoms with E-state index in [-0.39, 0.29) is 12.5 Å². The Morgan fingerprint density at radius 1 is 1.32 bits per heavy atom. The number of hydrogen-bond acceptors (Lipinski definition) is 3. The first-order valence-electron chi connectivity index (χ1n) is 7.61. The number of ether oxygens (including phenoxy) is 1. The van der Waals surface area contributed by atoms with Crippen molar-refractivity contribution in [3.63, 3.8) is 0 Å². The third-order valence-electron chi connectivity index (χ3n) is 3.54. The Morgan fingerprint density at radius 2 is 2.09 bits per heavy atom. The normalized spacial score (nSPS) is 13.7. The van der Waals surface area contributed by atoms with Crippen molar-refractivity contribution in [1.82, 2.24) is 10.9 Å². The highest BCUT2D eigenvalue weighted by molar-refractivity contribution is 5.77. The number of carbonyl (C=O) groups excluding carboxylic acids is 1. The Bertz CT molecular complexity index is 616. The molecule has 1 aromatic carbocycles. The van der Waals surface area contributed by atoms with E-state index < -0.39 is 0 Å². The van der Waals surface area contributed by atoms with Gasteiger partial charge in [-0.25, -0.2) is 0 Å². The first-order chi connectivity index (χ1) is 10.5. The fourth-order valence-electron chi connectivity index (χ4n) is 2.31. The number of rotatable bonds is 6. The van der Waals surface area contributed by atoms with Crippen molar-refractivity contribution in [3.8, 4) is 5.75 Å². The molecule has 4 nitrogen and oxygen atoms in total. The molecule has 4 heteroatoms. The molecule has 0 bridgehead atoms. The molecule has 1 aromatic rings. The molecule has 1 aliphatic carbocycles. The van der Waals surface area contributed by atoms with Crippen LogP contribution in [0.5, 0.6) is 5.75 Å². The number of carbonyl (C=O) groups is 1. The predicted octanol–water partition coefficient (Wildman–Crippen LogP) is 3.35. The summed E-state index contributed by atoms with van der Waals surface area (Å²) in [6.07, 6.45) is 4.97. The van der Waals surface area contributed by atoms with Gasteiger partial charge in [0, 0.05) is 0 Å². The second-order valence-corrected chi connectivity index (χ2v) is 6.01. The van der Waals surface area contributed by atoms with Crippen LogP contribution >= 0.6 is 0 Å². The van der Waals surface area contributed by atoms with E-state index in [9.17, 15) is 4.79 Å². The van der Waals surface area contributed by atoms with Gasteiger partial charge < -0.3 is 4.74 Å². The van der Waals surface area contributed by atoms with E-state index in [1.807, 2.05) is 24.3 Å². The summed E-state index contributed by atoms with van der Waals surface area (Å²) in [6.45, 7) is 8.33. The van der Waals surface area contributed by atoms with Gasteiger partial charge in [0.05, 0.1) is 5.70 Å². The topological polar surface area (TPSA) is 50.4 Å². The van der Waals surface area contributed by atoms with Crippen LogP contribution in [0.4, 0.5) is 0 Å². The molecule has 118 valence electrons. The van der Waals surface area contributed by atoms with Gasteiger partial charge in [0.2, 0.25) is 0 Å². The molecule has 0 fully saturated rings. The van der Waals surface area contributed by atoms with Crippen molar-refractivity contribution in [2.75, 3.05) is 6.61 Å². The summed E-state index contributed by atoms with van der Waals surface area (Å²) in [5.41, 5.74) is 10.1. The van der Waals surface area contributed by atoms with Crippen LogP contribution in [0.25, 0.3) is 0 Å². The van der Waals surface area contributed by atoms with Crippen molar-refractivity contribution in [1.29, 1.82) is 0 Å². The van der Waals surface area contributed by atoms with Crippen molar-refractivity contribution in [2.45, 2.75) is 40.0 Å². The molecular formula is C18H24N2O2. The molecule has 1 amide bonds. The van der Waals surface area contributed by atoms with Crippen molar-refractivity contribution < 1.29 is 9.53 Å². The highest BCUT2D eigenvalue weighted by Crippen LogP contribution is 2.27. The molecule has 0 spiro atoms. The SMILES string of the molecule is CC1=CC(NNC(=O)COc2ccc(C)cc2C(C)C)=CC1. The highest BCUT2D eigenvalue weighted by atomic mass is 16.5.